The van der Waals surface area contributed by atoms with E-state index in [0.717, 1.165) is 11.3 Å². The molecule has 0 aromatic rings. The van der Waals surface area contributed by atoms with Crippen LogP contribution in [0.1, 0.15) is 26.2 Å². The average Bonchev–Trinajstić information content (AvgIpc) is 2.11. The quantitative estimate of drug-likeness (QED) is 0.812. The second-order valence-electron chi connectivity index (χ2n) is 4.66. The molecule has 0 radical (unpaired) electrons. The number of alkyl halides is 3. The summed E-state index contributed by atoms with van der Waals surface area (Å²) in [6, 6.07) is 0. The average molecular weight is 239 g/mol. The molecule has 1 aliphatic rings. The van der Waals surface area contributed by atoms with Gasteiger partial charge in [-0.25, -0.2) is 0 Å². The van der Waals surface area contributed by atoms with E-state index in [2.05, 4.69) is 0 Å². The Morgan fingerprint density at radius 2 is 2.00 bits per heavy atom. The highest BCUT2D eigenvalue weighted by Crippen LogP contribution is 2.41. The van der Waals surface area contributed by atoms with Crippen molar-refractivity contribution in [2.75, 3.05) is 13.6 Å². The van der Waals surface area contributed by atoms with E-state index in [4.69, 9.17) is 5.11 Å². The molecule has 1 amide bonds. The maximum Gasteiger partial charge on any atom is 0.416 e. The first kappa shape index (κ1) is 13.3. The second-order valence-corrected chi connectivity index (χ2v) is 4.66. The summed E-state index contributed by atoms with van der Waals surface area (Å²) < 4.78 is 36.2. The van der Waals surface area contributed by atoms with Gasteiger partial charge in [-0.2, -0.15) is 13.2 Å². The monoisotopic (exact) mass is 239 g/mol. The van der Waals surface area contributed by atoms with Gasteiger partial charge in [-0.15, -0.1) is 0 Å². The van der Waals surface area contributed by atoms with Crippen LogP contribution in [-0.2, 0) is 4.79 Å². The van der Waals surface area contributed by atoms with Crippen molar-refractivity contribution in [1.82, 2.24) is 4.90 Å². The molecule has 1 N–H and O–H groups in total. The molecule has 0 aliphatic heterocycles. The van der Waals surface area contributed by atoms with Crippen LogP contribution >= 0.6 is 0 Å². The van der Waals surface area contributed by atoms with E-state index < -0.39 is 24.2 Å². The number of aliphatic hydroxyl groups is 1. The lowest BCUT2D eigenvalue weighted by molar-refractivity contribution is -0.208. The Labute approximate surface area is 92.2 Å². The Balaban J connectivity index is 2.52. The van der Waals surface area contributed by atoms with Crippen LogP contribution in [0.15, 0.2) is 0 Å². The summed E-state index contributed by atoms with van der Waals surface area (Å²) in [5.74, 6) is -0.318. The molecule has 0 aromatic heterocycles. The number of aliphatic hydroxyl groups excluding tert-OH is 1. The molecule has 1 rings (SSSR count). The van der Waals surface area contributed by atoms with E-state index in [1.54, 1.807) is 6.92 Å². The summed E-state index contributed by atoms with van der Waals surface area (Å²) >= 11 is 0. The Hall–Kier alpha value is -0.780. The van der Waals surface area contributed by atoms with E-state index in [1.807, 2.05) is 0 Å². The third-order valence-electron chi connectivity index (χ3n) is 3.14. The van der Waals surface area contributed by atoms with Crippen molar-refractivity contribution >= 4 is 5.91 Å². The lowest BCUT2D eigenvalue weighted by Crippen LogP contribution is -2.49. The molecule has 3 nitrogen and oxygen atoms in total. The summed E-state index contributed by atoms with van der Waals surface area (Å²) in [6.45, 7) is 1.05. The molecule has 0 bridgehead atoms. The zero-order chi connectivity index (χ0) is 12.6. The Morgan fingerprint density at radius 3 is 2.31 bits per heavy atom. The fraction of sp³-hybridized carbons (Fsp3) is 0.900. The van der Waals surface area contributed by atoms with Gasteiger partial charge in [-0.05, 0) is 12.8 Å². The third-order valence-corrected chi connectivity index (χ3v) is 3.14. The van der Waals surface area contributed by atoms with Gasteiger partial charge in [0.2, 0.25) is 5.91 Å². The van der Waals surface area contributed by atoms with Crippen molar-refractivity contribution in [1.29, 1.82) is 0 Å². The van der Waals surface area contributed by atoms with Crippen LogP contribution in [0, 0.1) is 5.41 Å². The Kier molecular flexibility index (Phi) is 3.52. The van der Waals surface area contributed by atoms with Gasteiger partial charge in [0.25, 0.3) is 0 Å². The topological polar surface area (TPSA) is 40.5 Å². The van der Waals surface area contributed by atoms with Crippen molar-refractivity contribution in [2.45, 2.75) is 38.5 Å². The van der Waals surface area contributed by atoms with Gasteiger partial charge in [0, 0.05) is 12.5 Å². The smallest absolute Gasteiger partial charge is 0.382 e. The number of hydrogen-bond donors (Lipinski definition) is 1. The van der Waals surface area contributed by atoms with Crippen molar-refractivity contribution in [2.24, 2.45) is 5.41 Å². The molecule has 1 aliphatic carbocycles. The highest BCUT2D eigenvalue weighted by molar-refractivity contribution is 5.83. The summed E-state index contributed by atoms with van der Waals surface area (Å²) in [6.07, 6.45) is -4.80. The molecule has 0 unspecified atom stereocenters. The standard InChI is InChI=1S/C10H16F3NO2/c1-9(4-3-5-9)8(16)14(2)6-7(15)10(11,12)13/h7,15H,3-6H2,1-2H3/t7-/m1/s1. The lowest BCUT2D eigenvalue weighted by atomic mass is 9.69. The molecular formula is C10H16F3NO2. The van der Waals surface area contributed by atoms with Crippen LogP contribution in [0.3, 0.4) is 0 Å². The molecule has 0 saturated heterocycles. The number of likely N-dealkylation sites (N-methyl/N-ethyl adjacent to an activating group) is 1. The molecule has 94 valence electrons. The fourth-order valence-corrected chi connectivity index (χ4v) is 1.83. The normalized spacial score (nSPS) is 21.1. The van der Waals surface area contributed by atoms with Gasteiger partial charge in [-0.1, -0.05) is 13.3 Å². The number of nitrogens with zero attached hydrogens (tertiary/aromatic N) is 1. The van der Waals surface area contributed by atoms with E-state index in [-0.39, 0.29) is 5.91 Å². The molecule has 6 heteroatoms. The van der Waals surface area contributed by atoms with Crippen LogP contribution in [0.5, 0.6) is 0 Å². The van der Waals surface area contributed by atoms with Crippen LogP contribution in [0.25, 0.3) is 0 Å². The van der Waals surface area contributed by atoms with Gasteiger partial charge < -0.3 is 10.0 Å². The molecule has 0 heterocycles. The third kappa shape index (κ3) is 2.66. The maximum atomic E-state index is 12.1. The van der Waals surface area contributed by atoms with E-state index in [1.165, 1.54) is 7.05 Å². The number of halogens is 3. The summed E-state index contributed by atoms with van der Waals surface area (Å²) in [5.41, 5.74) is -0.528. The number of carbonyl (C=O) groups is 1. The second kappa shape index (κ2) is 4.24. The first-order valence-electron chi connectivity index (χ1n) is 5.17. The van der Waals surface area contributed by atoms with Gasteiger partial charge >= 0.3 is 6.18 Å². The van der Waals surface area contributed by atoms with Crippen molar-refractivity contribution in [3.05, 3.63) is 0 Å². The zero-order valence-electron chi connectivity index (χ0n) is 9.34. The Morgan fingerprint density at radius 1 is 1.50 bits per heavy atom. The minimum Gasteiger partial charge on any atom is -0.382 e. The predicted molar refractivity (Wildman–Crippen MR) is 51.7 cm³/mol. The summed E-state index contributed by atoms with van der Waals surface area (Å²) in [4.78, 5) is 12.7. The number of carbonyl (C=O) groups excluding carboxylic acids is 1. The number of hydrogen-bond acceptors (Lipinski definition) is 2. The minimum absolute atomic E-state index is 0.318. The zero-order valence-corrected chi connectivity index (χ0v) is 9.34. The van der Waals surface area contributed by atoms with Crippen LogP contribution in [0.4, 0.5) is 13.2 Å². The highest BCUT2D eigenvalue weighted by Gasteiger charge is 2.44. The van der Waals surface area contributed by atoms with Crippen molar-refractivity contribution in [3.8, 4) is 0 Å². The van der Waals surface area contributed by atoms with E-state index >= 15 is 0 Å². The molecule has 16 heavy (non-hydrogen) atoms. The first-order valence-corrected chi connectivity index (χ1v) is 5.17. The molecular weight excluding hydrogens is 223 g/mol. The largest absolute Gasteiger partial charge is 0.416 e. The van der Waals surface area contributed by atoms with Crippen LogP contribution in [-0.4, -0.2) is 41.8 Å². The van der Waals surface area contributed by atoms with Crippen LogP contribution < -0.4 is 0 Å². The minimum atomic E-state index is -4.67. The SMILES string of the molecule is CN(C[C@@H](O)C(F)(F)F)C(=O)C1(C)CCC1. The highest BCUT2D eigenvalue weighted by atomic mass is 19.4. The summed E-state index contributed by atoms with van der Waals surface area (Å²) in [5, 5.41) is 8.84. The van der Waals surface area contributed by atoms with Crippen molar-refractivity contribution < 1.29 is 23.1 Å². The predicted octanol–water partition coefficient (Wildman–Crippen LogP) is 1.56. The molecule has 1 atom stereocenters. The van der Waals surface area contributed by atoms with Gasteiger partial charge in [0.15, 0.2) is 6.10 Å². The van der Waals surface area contributed by atoms with E-state index in [0.29, 0.717) is 12.8 Å². The molecule has 1 fully saturated rings. The lowest BCUT2D eigenvalue weighted by Gasteiger charge is -2.40. The number of rotatable bonds is 3. The molecule has 0 spiro atoms. The van der Waals surface area contributed by atoms with Crippen molar-refractivity contribution in [3.63, 3.8) is 0 Å². The molecule has 1 saturated carbocycles. The van der Waals surface area contributed by atoms with Gasteiger partial charge in [0.05, 0.1) is 6.54 Å². The Bertz CT molecular complexity index is 274. The summed E-state index contributed by atoms with van der Waals surface area (Å²) in [7, 11) is 1.29. The van der Waals surface area contributed by atoms with E-state index in [9.17, 15) is 18.0 Å². The number of amides is 1. The first-order chi connectivity index (χ1) is 7.17. The maximum absolute atomic E-state index is 12.1. The van der Waals surface area contributed by atoms with Crippen LogP contribution in [0.2, 0.25) is 0 Å². The molecule has 0 aromatic carbocycles. The fourth-order valence-electron chi connectivity index (χ4n) is 1.83. The van der Waals surface area contributed by atoms with Gasteiger partial charge in [0.1, 0.15) is 0 Å². The van der Waals surface area contributed by atoms with Gasteiger partial charge in [-0.3, -0.25) is 4.79 Å².